The zero-order valence-electron chi connectivity index (χ0n) is 16.5. The zero-order chi connectivity index (χ0) is 19.6. The number of fused-ring (bicyclic) bond motifs is 2. The number of aromatic nitrogens is 2. The summed E-state index contributed by atoms with van der Waals surface area (Å²) in [4.78, 5) is 24.1. The first-order valence-electron chi connectivity index (χ1n) is 10.5. The van der Waals surface area contributed by atoms with Crippen LogP contribution in [0.3, 0.4) is 0 Å². The average molecular weight is 394 g/mol. The quantitative estimate of drug-likeness (QED) is 0.861. The minimum absolute atomic E-state index is 0.0997. The fourth-order valence-electron chi connectivity index (χ4n) is 4.45. The van der Waals surface area contributed by atoms with Crippen LogP contribution in [0.5, 0.6) is 11.5 Å². The predicted octanol–water partition coefficient (Wildman–Crippen LogP) is 2.28. The van der Waals surface area contributed by atoms with Crippen molar-refractivity contribution in [2.24, 2.45) is 0 Å². The molecular weight excluding hydrogens is 368 g/mol. The molecule has 1 atom stereocenters. The van der Waals surface area contributed by atoms with Crippen molar-refractivity contribution in [3.63, 3.8) is 0 Å². The molecule has 2 aliphatic heterocycles. The normalized spacial score (nSPS) is 21.4. The molecule has 3 heterocycles. The highest BCUT2D eigenvalue weighted by molar-refractivity contribution is 5.82. The molecule has 1 N–H and O–H groups in total. The number of nitrogens with one attached hydrogen (secondary N) is 1. The molecule has 29 heavy (non-hydrogen) atoms. The molecule has 5 rings (SSSR count). The maximum atomic E-state index is 12.7. The number of hydrogen-bond donors (Lipinski definition) is 1. The number of para-hydroxylation sites is 2. The molecular formula is C22H26N4O3. The third-order valence-electron chi connectivity index (χ3n) is 6.04. The molecule has 7 heteroatoms. The number of amides is 1. The number of benzene rings is 1. The Morgan fingerprint density at radius 1 is 1.07 bits per heavy atom. The molecule has 0 saturated carbocycles. The van der Waals surface area contributed by atoms with E-state index in [1.807, 2.05) is 24.3 Å². The van der Waals surface area contributed by atoms with E-state index in [2.05, 4.69) is 20.2 Å². The lowest BCUT2D eigenvalue weighted by Crippen LogP contribution is -2.51. The summed E-state index contributed by atoms with van der Waals surface area (Å²) in [6, 6.07) is 7.60. The summed E-state index contributed by atoms with van der Waals surface area (Å²) in [5, 5.41) is 3.15. The Bertz CT molecular complexity index is 895. The summed E-state index contributed by atoms with van der Waals surface area (Å²) in [6.45, 7) is 2.02. The van der Waals surface area contributed by atoms with E-state index >= 15 is 0 Å². The van der Waals surface area contributed by atoms with Crippen LogP contribution < -0.4 is 19.7 Å². The molecule has 1 aromatic heterocycles. The number of rotatable bonds is 3. The second-order valence-electron chi connectivity index (χ2n) is 7.96. The van der Waals surface area contributed by atoms with Gasteiger partial charge < -0.3 is 19.7 Å². The van der Waals surface area contributed by atoms with Gasteiger partial charge in [0, 0.05) is 30.4 Å². The molecule has 1 fully saturated rings. The summed E-state index contributed by atoms with van der Waals surface area (Å²) < 4.78 is 11.5. The third-order valence-corrected chi connectivity index (χ3v) is 6.04. The van der Waals surface area contributed by atoms with Crippen LogP contribution >= 0.6 is 0 Å². The number of nitrogens with zero attached hydrogens (tertiary/aromatic N) is 3. The Labute approximate surface area is 170 Å². The van der Waals surface area contributed by atoms with Crippen molar-refractivity contribution in [1.29, 1.82) is 0 Å². The van der Waals surface area contributed by atoms with Gasteiger partial charge in [-0.15, -0.1) is 0 Å². The van der Waals surface area contributed by atoms with E-state index < -0.39 is 6.10 Å². The van der Waals surface area contributed by atoms with Gasteiger partial charge in [0.2, 0.25) is 6.10 Å². The average Bonchev–Trinajstić information content (AvgIpc) is 2.79. The van der Waals surface area contributed by atoms with Gasteiger partial charge in [0.1, 0.15) is 18.8 Å². The Balaban J connectivity index is 1.17. The molecule has 7 nitrogen and oxygen atoms in total. The van der Waals surface area contributed by atoms with Gasteiger partial charge in [-0.1, -0.05) is 12.1 Å². The minimum Gasteiger partial charge on any atom is -0.485 e. The van der Waals surface area contributed by atoms with E-state index in [-0.39, 0.29) is 18.6 Å². The topological polar surface area (TPSA) is 76.6 Å². The summed E-state index contributed by atoms with van der Waals surface area (Å²) in [7, 11) is 0. The van der Waals surface area contributed by atoms with Crippen molar-refractivity contribution in [2.45, 2.75) is 50.7 Å². The molecule has 2 aromatic rings. The molecule has 0 unspecified atom stereocenters. The summed E-state index contributed by atoms with van der Waals surface area (Å²) in [5.41, 5.74) is 2.54. The van der Waals surface area contributed by atoms with E-state index in [1.54, 1.807) is 6.33 Å². The van der Waals surface area contributed by atoms with E-state index in [4.69, 9.17) is 9.47 Å². The van der Waals surface area contributed by atoms with Crippen LogP contribution in [0.25, 0.3) is 0 Å². The molecule has 152 valence electrons. The standard InChI is InChI=1S/C22H26N4O3/c27-22(20-13-28-18-7-3-4-8-19(18)29-20)25-15-9-11-26(12-10-15)21-16-5-1-2-6-17(16)23-14-24-21/h3-4,7-8,14-15,20H,1-2,5-6,9-13H2,(H,25,27)/t20-/m0/s1. The van der Waals surface area contributed by atoms with Gasteiger partial charge in [0.15, 0.2) is 11.5 Å². The molecule has 1 saturated heterocycles. The van der Waals surface area contributed by atoms with Crippen LogP contribution in [0.15, 0.2) is 30.6 Å². The first-order valence-corrected chi connectivity index (χ1v) is 10.5. The van der Waals surface area contributed by atoms with Crippen LogP contribution in [0.2, 0.25) is 0 Å². The van der Waals surface area contributed by atoms with Gasteiger partial charge >= 0.3 is 0 Å². The molecule has 1 aromatic carbocycles. The lowest BCUT2D eigenvalue weighted by molar-refractivity contribution is -0.131. The highest BCUT2D eigenvalue weighted by Gasteiger charge is 2.30. The van der Waals surface area contributed by atoms with Gasteiger partial charge in [-0.2, -0.15) is 0 Å². The first-order chi connectivity index (χ1) is 14.3. The first kappa shape index (κ1) is 18.2. The SMILES string of the molecule is O=C(NC1CCN(c2ncnc3c2CCCC3)CC1)[C@@H]1COc2ccccc2O1. The van der Waals surface area contributed by atoms with E-state index in [1.165, 1.54) is 24.1 Å². The molecule has 0 radical (unpaired) electrons. The fourth-order valence-corrected chi connectivity index (χ4v) is 4.45. The van der Waals surface area contributed by atoms with Crippen molar-refractivity contribution in [3.8, 4) is 11.5 Å². The van der Waals surface area contributed by atoms with Gasteiger partial charge in [0.05, 0.1) is 0 Å². The number of ether oxygens (including phenoxy) is 2. The number of piperidine rings is 1. The van der Waals surface area contributed by atoms with Crippen LogP contribution in [0.1, 0.15) is 36.9 Å². The number of aryl methyl sites for hydroxylation is 1. The molecule has 0 bridgehead atoms. The van der Waals surface area contributed by atoms with Gasteiger partial charge in [-0.05, 0) is 50.7 Å². The lowest BCUT2D eigenvalue weighted by atomic mass is 9.95. The molecule has 0 spiro atoms. The van der Waals surface area contributed by atoms with Crippen LogP contribution in [-0.2, 0) is 17.6 Å². The number of hydrogen-bond acceptors (Lipinski definition) is 6. The maximum absolute atomic E-state index is 12.7. The monoisotopic (exact) mass is 394 g/mol. The molecule has 1 aliphatic carbocycles. The van der Waals surface area contributed by atoms with E-state index in [0.29, 0.717) is 11.5 Å². The minimum atomic E-state index is -0.600. The molecule has 1 amide bonds. The smallest absolute Gasteiger partial charge is 0.264 e. The third kappa shape index (κ3) is 3.73. The van der Waals surface area contributed by atoms with Crippen LogP contribution in [-0.4, -0.2) is 47.7 Å². The maximum Gasteiger partial charge on any atom is 0.264 e. The Morgan fingerprint density at radius 3 is 2.72 bits per heavy atom. The summed E-state index contributed by atoms with van der Waals surface area (Å²) in [5.74, 6) is 2.32. The summed E-state index contributed by atoms with van der Waals surface area (Å²) >= 11 is 0. The van der Waals surface area contributed by atoms with E-state index in [9.17, 15) is 4.79 Å². The lowest BCUT2D eigenvalue weighted by Gasteiger charge is -2.35. The van der Waals surface area contributed by atoms with E-state index in [0.717, 1.165) is 44.6 Å². The fraction of sp³-hybridized carbons (Fsp3) is 0.500. The van der Waals surface area contributed by atoms with Crippen LogP contribution in [0, 0.1) is 0 Å². The second kappa shape index (κ2) is 7.89. The Hall–Kier alpha value is -2.83. The van der Waals surface area contributed by atoms with Crippen molar-refractivity contribution in [2.75, 3.05) is 24.6 Å². The van der Waals surface area contributed by atoms with Gasteiger partial charge in [-0.3, -0.25) is 4.79 Å². The van der Waals surface area contributed by atoms with Crippen molar-refractivity contribution in [3.05, 3.63) is 41.9 Å². The highest BCUT2D eigenvalue weighted by atomic mass is 16.6. The van der Waals surface area contributed by atoms with Gasteiger partial charge in [0.25, 0.3) is 5.91 Å². The van der Waals surface area contributed by atoms with Crippen LogP contribution in [0.4, 0.5) is 5.82 Å². The largest absolute Gasteiger partial charge is 0.485 e. The zero-order valence-corrected chi connectivity index (χ0v) is 16.5. The number of carbonyl (C=O) groups excluding carboxylic acids is 1. The highest BCUT2D eigenvalue weighted by Crippen LogP contribution is 2.31. The van der Waals surface area contributed by atoms with Crippen molar-refractivity contribution in [1.82, 2.24) is 15.3 Å². The van der Waals surface area contributed by atoms with Gasteiger partial charge in [-0.25, -0.2) is 9.97 Å². The Morgan fingerprint density at radius 2 is 1.86 bits per heavy atom. The van der Waals surface area contributed by atoms with Crippen molar-refractivity contribution < 1.29 is 14.3 Å². The van der Waals surface area contributed by atoms with Crippen molar-refractivity contribution >= 4 is 11.7 Å². The number of anilines is 1. The summed E-state index contributed by atoms with van der Waals surface area (Å²) in [6.07, 6.45) is 7.46. The second-order valence-corrected chi connectivity index (χ2v) is 7.96. The predicted molar refractivity (Wildman–Crippen MR) is 108 cm³/mol. The number of carbonyl (C=O) groups is 1. The Kier molecular flexibility index (Phi) is 4.96. The molecule has 3 aliphatic rings.